The molecule has 8 heteroatoms. The second kappa shape index (κ2) is 11.4. The van der Waals surface area contributed by atoms with Crippen molar-refractivity contribution < 1.29 is 16.1 Å². The van der Waals surface area contributed by atoms with E-state index < -0.39 is 18.2 Å². The number of nitrogens with zero attached hydrogens (tertiary/aromatic N) is 2. The molecule has 3 atom stereocenters. The van der Waals surface area contributed by atoms with Gasteiger partial charge in [-0.05, 0) is 36.4 Å². The van der Waals surface area contributed by atoms with Crippen molar-refractivity contribution in [1.29, 1.82) is 0 Å². The molecule has 0 bridgehead atoms. The van der Waals surface area contributed by atoms with E-state index in [-0.39, 0.29) is 30.2 Å². The number of β-amino-alcohol motifs (C(OH)–C–C–N with tert-alkyl or cyclic N) is 1. The fourth-order valence-electron chi connectivity index (χ4n) is 4.27. The van der Waals surface area contributed by atoms with Crippen molar-refractivity contribution in [3.8, 4) is 10.4 Å². The van der Waals surface area contributed by atoms with E-state index in [0.29, 0.717) is 20.0 Å². The van der Waals surface area contributed by atoms with Crippen molar-refractivity contribution in [3.05, 3.63) is 41.0 Å². The highest BCUT2D eigenvalue weighted by atomic mass is 32.1. The van der Waals surface area contributed by atoms with Gasteiger partial charge in [-0.2, -0.15) is 0 Å². The molecule has 0 saturated carbocycles. The Labute approximate surface area is 208 Å². The van der Waals surface area contributed by atoms with Crippen LogP contribution in [0, 0.1) is 12.3 Å². The van der Waals surface area contributed by atoms with Crippen LogP contribution in [0.5, 0.6) is 0 Å². The number of aliphatic hydroxyl groups is 1. The number of aromatic nitrogens is 1. The topological polar surface area (TPSA) is 94.6 Å². The van der Waals surface area contributed by atoms with Crippen molar-refractivity contribution in [2.45, 2.75) is 78.6 Å². The second-order valence-electron chi connectivity index (χ2n) is 10.0. The van der Waals surface area contributed by atoms with Crippen LogP contribution in [0.1, 0.15) is 59.6 Å². The normalized spacial score (nSPS) is 19.7. The van der Waals surface area contributed by atoms with Crippen molar-refractivity contribution in [1.82, 2.24) is 20.5 Å². The molecule has 0 radical (unpaired) electrons. The van der Waals surface area contributed by atoms with Crippen molar-refractivity contribution >= 4 is 23.2 Å². The Morgan fingerprint density at radius 3 is 2.68 bits per heavy atom. The van der Waals surface area contributed by atoms with E-state index in [4.69, 9.17) is 1.37 Å². The average Bonchev–Trinajstić information content (AvgIpc) is 3.42. The lowest BCUT2D eigenvalue weighted by Gasteiger charge is -2.35. The first-order valence-electron chi connectivity index (χ1n) is 12.6. The minimum absolute atomic E-state index is 0.154. The van der Waals surface area contributed by atoms with Crippen LogP contribution in [-0.4, -0.2) is 58.1 Å². The van der Waals surface area contributed by atoms with Crippen molar-refractivity contribution in [2.75, 3.05) is 13.1 Å². The van der Waals surface area contributed by atoms with Gasteiger partial charge in [0.1, 0.15) is 6.04 Å². The van der Waals surface area contributed by atoms with Crippen LogP contribution in [0.25, 0.3) is 10.4 Å². The summed E-state index contributed by atoms with van der Waals surface area (Å²) in [4.78, 5) is 33.5. The molecule has 1 aliphatic heterocycles. The zero-order chi connectivity index (χ0) is 25.6. The predicted molar refractivity (Wildman–Crippen MR) is 136 cm³/mol. The zero-order valence-electron chi connectivity index (χ0n) is 21.6. The van der Waals surface area contributed by atoms with Crippen LogP contribution < -0.4 is 10.6 Å². The second-order valence-corrected chi connectivity index (χ2v) is 10.9. The van der Waals surface area contributed by atoms with Gasteiger partial charge in [0.25, 0.3) is 0 Å². The highest BCUT2D eigenvalue weighted by Gasteiger charge is 2.43. The van der Waals surface area contributed by atoms with Crippen LogP contribution >= 0.6 is 11.3 Å². The molecular weight excluding hydrogens is 448 g/mol. The van der Waals surface area contributed by atoms with E-state index in [9.17, 15) is 14.7 Å². The van der Waals surface area contributed by atoms with Gasteiger partial charge in [-0.25, -0.2) is 4.98 Å². The summed E-state index contributed by atoms with van der Waals surface area (Å²) in [5.41, 5.74) is 4.54. The number of aliphatic hydroxyl groups excluding tert-OH is 1. The maximum absolute atomic E-state index is 13.5. The lowest BCUT2D eigenvalue weighted by molar-refractivity contribution is -0.142. The molecule has 1 aliphatic rings. The molecular formula is C26H38N4O3S. The van der Waals surface area contributed by atoms with E-state index in [1.54, 1.807) is 11.3 Å². The largest absolute Gasteiger partial charge is 0.391 e. The van der Waals surface area contributed by atoms with Gasteiger partial charge in [0.15, 0.2) is 0 Å². The van der Waals surface area contributed by atoms with Gasteiger partial charge < -0.3 is 20.6 Å². The maximum atomic E-state index is 13.5. The Balaban J connectivity index is 1.63. The first kappa shape index (κ1) is 24.8. The summed E-state index contributed by atoms with van der Waals surface area (Å²) in [5, 5.41) is 16.6. The van der Waals surface area contributed by atoms with Gasteiger partial charge in [0, 0.05) is 20.9 Å². The number of likely N-dealkylation sites (tertiary alicyclic amines) is 1. The minimum atomic E-state index is -0.722. The summed E-state index contributed by atoms with van der Waals surface area (Å²) in [6.45, 7) is 9.47. The molecule has 2 heterocycles. The molecule has 7 nitrogen and oxygen atoms in total. The van der Waals surface area contributed by atoms with E-state index in [1.807, 2.05) is 57.5 Å². The van der Waals surface area contributed by atoms with Gasteiger partial charge in [0.05, 0.1) is 28.2 Å². The Hall–Kier alpha value is -2.29. The van der Waals surface area contributed by atoms with E-state index in [2.05, 4.69) is 15.6 Å². The fourth-order valence-corrected chi connectivity index (χ4v) is 5.08. The number of nitrogens with one attached hydrogen (secondary N) is 2. The van der Waals surface area contributed by atoms with E-state index in [0.717, 1.165) is 34.5 Å². The van der Waals surface area contributed by atoms with E-state index >= 15 is 0 Å². The van der Waals surface area contributed by atoms with Gasteiger partial charge >= 0.3 is 0 Å². The van der Waals surface area contributed by atoms with Gasteiger partial charge in [0.2, 0.25) is 11.8 Å². The number of hydrogen-bond acceptors (Lipinski definition) is 6. The molecule has 2 amide bonds. The standard InChI is InChI=1S/C26H38N4O3S/c1-6-7-12-27-23(26(3,4)5)25(33)30-15-20(31)13-21(30)24(32)28-14-18-8-10-19(11-9-18)22-17(2)29-16-34-22/h8-11,16,20-21,23,27,31H,6-7,12-15H2,1-5H3,(H,28,32)/t20-,21+,23-/m1/s1/i1T. The first-order valence-corrected chi connectivity index (χ1v) is 12.8. The van der Waals surface area contributed by atoms with Crippen LogP contribution in [-0.2, 0) is 16.1 Å². The smallest absolute Gasteiger partial charge is 0.243 e. The molecule has 1 aromatic carbocycles. The molecule has 186 valence electrons. The molecule has 1 saturated heterocycles. The van der Waals surface area contributed by atoms with Crippen LogP contribution in [0.15, 0.2) is 29.8 Å². The van der Waals surface area contributed by atoms with E-state index in [1.165, 1.54) is 4.90 Å². The molecule has 2 aromatic rings. The highest BCUT2D eigenvalue weighted by Crippen LogP contribution is 2.28. The highest BCUT2D eigenvalue weighted by molar-refractivity contribution is 7.13. The lowest BCUT2D eigenvalue weighted by atomic mass is 9.85. The molecule has 0 aliphatic carbocycles. The molecule has 3 rings (SSSR count). The van der Waals surface area contributed by atoms with Crippen molar-refractivity contribution in [3.63, 3.8) is 0 Å². The number of carbonyl (C=O) groups excluding carboxylic acids is 2. The number of rotatable bonds is 9. The lowest BCUT2D eigenvalue weighted by Crippen LogP contribution is -2.56. The van der Waals surface area contributed by atoms with Crippen LogP contribution in [0.2, 0.25) is 0 Å². The third-order valence-electron chi connectivity index (χ3n) is 6.18. The summed E-state index contributed by atoms with van der Waals surface area (Å²) < 4.78 is 7.30. The van der Waals surface area contributed by atoms with Gasteiger partial charge in [-0.15, -0.1) is 11.3 Å². The molecule has 1 fully saturated rings. The number of thiazole rings is 1. The minimum Gasteiger partial charge on any atom is -0.391 e. The number of carbonyl (C=O) groups is 2. The summed E-state index contributed by atoms with van der Waals surface area (Å²) in [6, 6.07) is 6.84. The number of unbranched alkanes of at least 4 members (excludes halogenated alkanes) is 1. The SMILES string of the molecule is [3H]CCCCN[C@H](C(=O)N1C[C@H](O)C[C@H]1C(=O)NCc1ccc(-c2scnc2C)cc1)C(C)(C)C. The quantitative estimate of drug-likeness (QED) is 0.470. The summed E-state index contributed by atoms with van der Waals surface area (Å²) in [7, 11) is 0. The average molecular weight is 489 g/mol. The van der Waals surface area contributed by atoms with Gasteiger partial charge in [-0.3, -0.25) is 9.59 Å². The zero-order valence-corrected chi connectivity index (χ0v) is 21.5. The predicted octanol–water partition coefficient (Wildman–Crippen LogP) is 3.50. The van der Waals surface area contributed by atoms with Crippen molar-refractivity contribution in [2.24, 2.45) is 5.41 Å². The van der Waals surface area contributed by atoms with Crippen LogP contribution in [0.4, 0.5) is 0 Å². The molecule has 0 unspecified atom stereocenters. The number of benzene rings is 1. The fraction of sp³-hybridized carbons (Fsp3) is 0.577. The first-order chi connectivity index (χ1) is 16.6. The molecule has 3 N–H and O–H groups in total. The Morgan fingerprint density at radius 1 is 1.32 bits per heavy atom. The number of hydrogen-bond donors (Lipinski definition) is 3. The van der Waals surface area contributed by atoms with Gasteiger partial charge in [-0.1, -0.05) is 58.4 Å². The Morgan fingerprint density at radius 2 is 2.06 bits per heavy atom. The Bertz CT molecular complexity index is 989. The molecule has 34 heavy (non-hydrogen) atoms. The molecule has 1 aromatic heterocycles. The monoisotopic (exact) mass is 488 g/mol. The third-order valence-corrected chi connectivity index (χ3v) is 7.16. The summed E-state index contributed by atoms with van der Waals surface area (Å²) in [5.74, 6) is -0.413. The number of amides is 2. The number of aryl methyl sites for hydroxylation is 1. The summed E-state index contributed by atoms with van der Waals surface area (Å²) >= 11 is 1.60. The summed E-state index contributed by atoms with van der Waals surface area (Å²) in [6.07, 6.45) is 1.10. The van der Waals surface area contributed by atoms with Crippen LogP contribution in [0.3, 0.4) is 0 Å². The Kier molecular flexibility index (Phi) is 8.34. The maximum Gasteiger partial charge on any atom is 0.243 e. The molecule has 0 spiro atoms. The third kappa shape index (κ3) is 6.43.